The second kappa shape index (κ2) is 6.65. The van der Waals surface area contributed by atoms with Crippen LogP contribution in [0.15, 0.2) is 29.2 Å². The van der Waals surface area contributed by atoms with Crippen molar-refractivity contribution in [2.45, 2.75) is 11.8 Å². The first-order valence-electron chi connectivity index (χ1n) is 5.00. The maximum atomic E-state index is 11.3. The predicted molar refractivity (Wildman–Crippen MR) is 66.1 cm³/mol. The van der Waals surface area contributed by atoms with Crippen LogP contribution in [0.1, 0.15) is 17.3 Å². The Morgan fingerprint density at radius 3 is 2.28 bits per heavy atom. The normalized spacial score (nSPS) is 9.61. The van der Waals surface area contributed by atoms with Gasteiger partial charge in [-0.2, -0.15) is 0 Å². The van der Waals surface area contributed by atoms with Crippen LogP contribution < -0.4 is 10.9 Å². The van der Waals surface area contributed by atoms with E-state index in [1.165, 1.54) is 30.8 Å². The van der Waals surface area contributed by atoms with Crippen molar-refractivity contribution < 1.29 is 19.5 Å². The van der Waals surface area contributed by atoms with Crippen LogP contribution in [0.5, 0.6) is 0 Å². The van der Waals surface area contributed by atoms with Gasteiger partial charge in [0.05, 0.1) is 11.3 Å². The summed E-state index contributed by atoms with van der Waals surface area (Å²) in [6, 6.07) is 6.19. The molecule has 0 fully saturated rings. The van der Waals surface area contributed by atoms with Gasteiger partial charge in [0.1, 0.15) is 0 Å². The Hall–Kier alpha value is -2.02. The number of thioether (sulfide) groups is 1. The van der Waals surface area contributed by atoms with Crippen molar-refractivity contribution in [3.8, 4) is 0 Å². The third kappa shape index (κ3) is 4.88. The summed E-state index contributed by atoms with van der Waals surface area (Å²) in [5, 5.41) is 8.70. The van der Waals surface area contributed by atoms with Crippen LogP contribution in [0, 0.1) is 0 Å². The lowest BCUT2D eigenvalue weighted by Gasteiger charge is -2.05. The molecule has 0 heterocycles. The van der Waals surface area contributed by atoms with Crippen LogP contribution in [0.25, 0.3) is 0 Å². The fraction of sp³-hybridized carbons (Fsp3) is 0.182. The van der Waals surface area contributed by atoms with E-state index in [2.05, 4.69) is 10.9 Å². The number of benzene rings is 1. The van der Waals surface area contributed by atoms with Gasteiger partial charge in [-0.1, -0.05) is 0 Å². The fourth-order valence-corrected chi connectivity index (χ4v) is 1.73. The summed E-state index contributed by atoms with van der Waals surface area (Å²) in [5.74, 6) is -1.54. The molecule has 0 unspecified atom stereocenters. The van der Waals surface area contributed by atoms with Crippen LogP contribution in [0.3, 0.4) is 0 Å². The van der Waals surface area contributed by atoms with Gasteiger partial charge in [-0.3, -0.25) is 20.4 Å². The van der Waals surface area contributed by atoms with Gasteiger partial charge in [0, 0.05) is 11.8 Å². The van der Waals surface area contributed by atoms with Gasteiger partial charge in [0.25, 0.3) is 0 Å². The van der Waals surface area contributed by atoms with Gasteiger partial charge in [-0.05, 0) is 24.3 Å². The molecule has 0 aliphatic carbocycles. The maximum absolute atomic E-state index is 11.3. The zero-order valence-electron chi connectivity index (χ0n) is 9.60. The number of carboxylic acids is 1. The molecule has 6 nitrogen and oxygen atoms in total. The molecule has 0 atom stereocenters. The molecule has 7 heteroatoms. The first-order chi connectivity index (χ1) is 8.49. The Kier molecular flexibility index (Phi) is 5.19. The Balaban J connectivity index is 2.41. The van der Waals surface area contributed by atoms with Crippen LogP contribution in [0.2, 0.25) is 0 Å². The van der Waals surface area contributed by atoms with E-state index < -0.39 is 5.97 Å². The van der Waals surface area contributed by atoms with E-state index in [-0.39, 0.29) is 23.1 Å². The number of amides is 2. The second-order valence-electron chi connectivity index (χ2n) is 3.35. The van der Waals surface area contributed by atoms with Gasteiger partial charge in [0.15, 0.2) is 0 Å². The van der Waals surface area contributed by atoms with Crippen LogP contribution in [-0.4, -0.2) is 28.6 Å². The summed E-state index contributed by atoms with van der Waals surface area (Å²) in [6.07, 6.45) is 0. The minimum Gasteiger partial charge on any atom is -0.478 e. The molecule has 1 aromatic rings. The van der Waals surface area contributed by atoms with Crippen molar-refractivity contribution in [2.75, 3.05) is 5.75 Å². The molecule has 0 saturated carbocycles. The quantitative estimate of drug-likeness (QED) is 0.550. The largest absolute Gasteiger partial charge is 0.478 e. The summed E-state index contributed by atoms with van der Waals surface area (Å²) in [4.78, 5) is 33.2. The van der Waals surface area contributed by atoms with E-state index in [0.29, 0.717) is 0 Å². The summed E-state index contributed by atoms with van der Waals surface area (Å²) in [5.41, 5.74) is 4.60. The topological polar surface area (TPSA) is 95.5 Å². The number of hydrazine groups is 1. The van der Waals surface area contributed by atoms with Gasteiger partial charge >= 0.3 is 5.97 Å². The SMILES string of the molecule is CC(=O)NNC(=O)CSc1ccc(C(=O)O)cc1. The molecule has 96 valence electrons. The Bertz CT molecular complexity index is 459. The highest BCUT2D eigenvalue weighted by Crippen LogP contribution is 2.17. The lowest BCUT2D eigenvalue weighted by molar-refractivity contribution is -0.126. The molecule has 1 aromatic carbocycles. The molecule has 0 aromatic heterocycles. The van der Waals surface area contributed by atoms with Gasteiger partial charge in [0.2, 0.25) is 11.8 Å². The van der Waals surface area contributed by atoms with Crippen molar-refractivity contribution in [2.24, 2.45) is 0 Å². The standard InChI is InChI=1S/C11H12N2O4S/c1-7(14)12-13-10(15)6-18-9-4-2-8(3-5-9)11(16)17/h2-5H,6H2,1H3,(H,12,14)(H,13,15)(H,16,17). The summed E-state index contributed by atoms with van der Waals surface area (Å²) in [6.45, 7) is 1.29. The van der Waals surface area contributed by atoms with Crippen molar-refractivity contribution in [3.05, 3.63) is 29.8 Å². The minimum absolute atomic E-state index is 0.132. The van der Waals surface area contributed by atoms with E-state index in [4.69, 9.17) is 5.11 Å². The molecule has 0 spiro atoms. The number of carbonyl (C=O) groups excluding carboxylic acids is 2. The number of carbonyl (C=O) groups is 3. The lowest BCUT2D eigenvalue weighted by atomic mass is 10.2. The van der Waals surface area contributed by atoms with E-state index in [1.54, 1.807) is 12.1 Å². The van der Waals surface area contributed by atoms with E-state index in [9.17, 15) is 14.4 Å². The van der Waals surface area contributed by atoms with E-state index in [0.717, 1.165) is 4.90 Å². The average Bonchev–Trinajstić information content (AvgIpc) is 2.34. The summed E-state index contributed by atoms with van der Waals surface area (Å²) < 4.78 is 0. The Morgan fingerprint density at radius 2 is 1.78 bits per heavy atom. The number of aromatic carboxylic acids is 1. The van der Waals surface area contributed by atoms with Crippen molar-refractivity contribution in [1.29, 1.82) is 0 Å². The van der Waals surface area contributed by atoms with Gasteiger partial charge in [-0.25, -0.2) is 4.79 Å². The van der Waals surface area contributed by atoms with Crippen molar-refractivity contribution >= 4 is 29.5 Å². The van der Waals surface area contributed by atoms with E-state index >= 15 is 0 Å². The molecule has 2 amide bonds. The molecule has 0 bridgehead atoms. The monoisotopic (exact) mass is 268 g/mol. The molecular formula is C11H12N2O4S. The predicted octanol–water partition coefficient (Wildman–Crippen LogP) is 0.644. The zero-order chi connectivity index (χ0) is 13.5. The van der Waals surface area contributed by atoms with Gasteiger partial charge < -0.3 is 5.11 Å². The number of carboxylic acid groups (broad SMARTS) is 1. The van der Waals surface area contributed by atoms with Crippen molar-refractivity contribution in [3.63, 3.8) is 0 Å². The average molecular weight is 268 g/mol. The number of hydrogen-bond donors (Lipinski definition) is 3. The van der Waals surface area contributed by atoms with Crippen LogP contribution in [-0.2, 0) is 9.59 Å². The summed E-state index contributed by atoms with van der Waals surface area (Å²) in [7, 11) is 0. The molecule has 3 N–H and O–H groups in total. The van der Waals surface area contributed by atoms with Gasteiger partial charge in [-0.15, -0.1) is 11.8 Å². The van der Waals surface area contributed by atoms with E-state index in [1.807, 2.05) is 0 Å². The zero-order valence-corrected chi connectivity index (χ0v) is 10.4. The van der Waals surface area contributed by atoms with Crippen LogP contribution in [0.4, 0.5) is 0 Å². The fourth-order valence-electron chi connectivity index (χ4n) is 1.04. The molecule has 1 rings (SSSR count). The first-order valence-corrected chi connectivity index (χ1v) is 5.99. The van der Waals surface area contributed by atoms with Crippen LogP contribution >= 0.6 is 11.8 Å². The molecule has 0 aliphatic heterocycles. The highest BCUT2D eigenvalue weighted by atomic mass is 32.2. The highest BCUT2D eigenvalue weighted by Gasteiger charge is 2.05. The molecule has 0 saturated heterocycles. The third-order valence-electron chi connectivity index (χ3n) is 1.85. The molecular weight excluding hydrogens is 256 g/mol. The molecule has 18 heavy (non-hydrogen) atoms. The molecule has 0 radical (unpaired) electrons. The lowest BCUT2D eigenvalue weighted by Crippen LogP contribution is -2.41. The third-order valence-corrected chi connectivity index (χ3v) is 2.86. The second-order valence-corrected chi connectivity index (χ2v) is 4.40. The number of rotatable bonds is 4. The highest BCUT2D eigenvalue weighted by molar-refractivity contribution is 8.00. The van der Waals surface area contributed by atoms with Crippen molar-refractivity contribution in [1.82, 2.24) is 10.9 Å². The Labute approximate surface area is 108 Å². The minimum atomic E-state index is -0.991. The molecule has 0 aliphatic rings. The smallest absolute Gasteiger partial charge is 0.335 e. The first kappa shape index (κ1) is 14.0. The summed E-state index contributed by atoms with van der Waals surface area (Å²) >= 11 is 1.24. The number of nitrogens with one attached hydrogen (secondary N) is 2. The Morgan fingerprint density at radius 1 is 1.17 bits per heavy atom. The maximum Gasteiger partial charge on any atom is 0.335 e. The number of hydrogen-bond acceptors (Lipinski definition) is 4.